The molecule has 1 aromatic heterocycles. The second-order valence-electron chi connectivity index (χ2n) is 6.75. The van der Waals surface area contributed by atoms with Gasteiger partial charge in [-0.3, -0.25) is 14.6 Å². The minimum absolute atomic E-state index is 0.00860. The Morgan fingerprint density at radius 2 is 1.89 bits per heavy atom. The SMILES string of the molecule is O=C(NCCc1cccnc1)C1CCN(C(=O)/C=C/c2ccccc2)CC1. The van der Waals surface area contributed by atoms with Gasteiger partial charge in [-0.2, -0.15) is 0 Å². The van der Waals surface area contributed by atoms with Gasteiger partial charge in [-0.25, -0.2) is 0 Å². The molecule has 0 unspecified atom stereocenters. The fourth-order valence-corrected chi connectivity index (χ4v) is 3.22. The molecule has 27 heavy (non-hydrogen) atoms. The van der Waals surface area contributed by atoms with E-state index in [1.54, 1.807) is 12.3 Å². The summed E-state index contributed by atoms with van der Waals surface area (Å²) < 4.78 is 0. The van der Waals surface area contributed by atoms with Crippen LogP contribution in [0.15, 0.2) is 60.9 Å². The third-order valence-corrected chi connectivity index (χ3v) is 4.83. The highest BCUT2D eigenvalue weighted by atomic mass is 16.2. The van der Waals surface area contributed by atoms with Crippen molar-refractivity contribution in [3.05, 3.63) is 72.1 Å². The van der Waals surface area contributed by atoms with E-state index in [-0.39, 0.29) is 17.7 Å². The molecule has 3 rings (SSSR count). The van der Waals surface area contributed by atoms with E-state index in [0.29, 0.717) is 32.5 Å². The van der Waals surface area contributed by atoms with Crippen LogP contribution in [-0.2, 0) is 16.0 Å². The van der Waals surface area contributed by atoms with Crippen LogP contribution < -0.4 is 5.32 Å². The molecule has 1 aliphatic rings. The summed E-state index contributed by atoms with van der Waals surface area (Å²) in [6.07, 6.45) is 9.21. The molecule has 0 aliphatic carbocycles. The molecule has 0 spiro atoms. The Kier molecular flexibility index (Phi) is 6.74. The van der Waals surface area contributed by atoms with Crippen molar-refractivity contribution in [1.29, 1.82) is 0 Å². The quantitative estimate of drug-likeness (QED) is 0.803. The summed E-state index contributed by atoms with van der Waals surface area (Å²) >= 11 is 0. The van der Waals surface area contributed by atoms with Gasteiger partial charge in [0.2, 0.25) is 11.8 Å². The molecule has 1 saturated heterocycles. The van der Waals surface area contributed by atoms with Gasteiger partial charge in [0, 0.05) is 44.0 Å². The molecule has 1 aromatic carbocycles. The summed E-state index contributed by atoms with van der Waals surface area (Å²) in [4.78, 5) is 30.5. The minimum Gasteiger partial charge on any atom is -0.356 e. The van der Waals surface area contributed by atoms with Crippen LogP contribution in [0.2, 0.25) is 0 Å². The summed E-state index contributed by atoms with van der Waals surface area (Å²) in [5.41, 5.74) is 2.12. The third-order valence-electron chi connectivity index (χ3n) is 4.83. The smallest absolute Gasteiger partial charge is 0.246 e. The molecule has 5 heteroatoms. The molecule has 140 valence electrons. The van der Waals surface area contributed by atoms with Crippen LogP contribution in [0.5, 0.6) is 0 Å². The van der Waals surface area contributed by atoms with Crippen LogP contribution in [-0.4, -0.2) is 41.3 Å². The highest BCUT2D eigenvalue weighted by molar-refractivity contribution is 5.92. The normalized spacial score (nSPS) is 15.0. The Hall–Kier alpha value is -2.95. The van der Waals surface area contributed by atoms with Crippen molar-refractivity contribution in [1.82, 2.24) is 15.2 Å². The molecule has 0 radical (unpaired) electrons. The Balaban J connectivity index is 1.39. The Bertz CT molecular complexity index is 767. The molecule has 2 heterocycles. The largest absolute Gasteiger partial charge is 0.356 e. The maximum atomic E-state index is 12.3. The molecule has 1 fully saturated rings. The lowest BCUT2D eigenvalue weighted by molar-refractivity contribution is -0.132. The van der Waals surface area contributed by atoms with E-state index in [0.717, 1.165) is 17.5 Å². The van der Waals surface area contributed by atoms with Crippen molar-refractivity contribution in [3.63, 3.8) is 0 Å². The van der Waals surface area contributed by atoms with Gasteiger partial charge in [-0.1, -0.05) is 36.4 Å². The van der Waals surface area contributed by atoms with E-state index in [9.17, 15) is 9.59 Å². The first-order chi connectivity index (χ1) is 13.2. The third kappa shape index (κ3) is 5.78. The van der Waals surface area contributed by atoms with Gasteiger partial charge in [-0.05, 0) is 42.5 Å². The molecule has 0 saturated carbocycles. The molecule has 1 aliphatic heterocycles. The molecule has 5 nitrogen and oxygen atoms in total. The molecular weight excluding hydrogens is 338 g/mol. The molecule has 1 N–H and O–H groups in total. The van der Waals surface area contributed by atoms with E-state index < -0.39 is 0 Å². The van der Waals surface area contributed by atoms with Gasteiger partial charge in [0.1, 0.15) is 0 Å². The average molecular weight is 363 g/mol. The molecule has 2 amide bonds. The lowest BCUT2D eigenvalue weighted by Gasteiger charge is -2.30. The summed E-state index contributed by atoms with van der Waals surface area (Å²) in [6.45, 7) is 1.86. The van der Waals surface area contributed by atoms with Crippen LogP contribution in [0.1, 0.15) is 24.0 Å². The van der Waals surface area contributed by atoms with Gasteiger partial charge in [0.05, 0.1) is 0 Å². The first-order valence-corrected chi connectivity index (χ1v) is 9.41. The first-order valence-electron chi connectivity index (χ1n) is 9.41. The fraction of sp³-hybridized carbons (Fsp3) is 0.318. The number of nitrogens with one attached hydrogen (secondary N) is 1. The summed E-state index contributed by atoms with van der Waals surface area (Å²) in [5.74, 6) is 0.0844. The van der Waals surface area contributed by atoms with Crippen LogP contribution in [0.3, 0.4) is 0 Å². The number of nitrogens with zero attached hydrogens (tertiary/aromatic N) is 2. The van der Waals surface area contributed by atoms with Crippen LogP contribution in [0, 0.1) is 5.92 Å². The van der Waals surface area contributed by atoms with Crippen molar-refractivity contribution in [2.45, 2.75) is 19.3 Å². The van der Waals surface area contributed by atoms with Gasteiger partial charge in [0.25, 0.3) is 0 Å². The maximum absolute atomic E-state index is 12.3. The fourth-order valence-electron chi connectivity index (χ4n) is 3.22. The van der Waals surface area contributed by atoms with E-state index in [4.69, 9.17) is 0 Å². The van der Waals surface area contributed by atoms with Crippen molar-refractivity contribution < 1.29 is 9.59 Å². The zero-order valence-corrected chi connectivity index (χ0v) is 15.4. The van der Waals surface area contributed by atoms with Crippen molar-refractivity contribution in [2.24, 2.45) is 5.92 Å². The number of benzene rings is 1. The Labute approximate surface area is 160 Å². The van der Waals surface area contributed by atoms with E-state index >= 15 is 0 Å². The second kappa shape index (κ2) is 9.67. The number of aromatic nitrogens is 1. The highest BCUT2D eigenvalue weighted by Crippen LogP contribution is 2.18. The number of pyridine rings is 1. The molecular formula is C22H25N3O2. The second-order valence-corrected chi connectivity index (χ2v) is 6.75. The Morgan fingerprint density at radius 3 is 2.59 bits per heavy atom. The molecule has 0 bridgehead atoms. The zero-order chi connectivity index (χ0) is 18.9. The summed E-state index contributed by atoms with van der Waals surface area (Å²) in [7, 11) is 0. The predicted molar refractivity (Wildman–Crippen MR) is 106 cm³/mol. The topological polar surface area (TPSA) is 62.3 Å². The number of piperidine rings is 1. The van der Waals surface area contributed by atoms with Crippen molar-refractivity contribution in [2.75, 3.05) is 19.6 Å². The number of likely N-dealkylation sites (tertiary alicyclic amines) is 1. The highest BCUT2D eigenvalue weighted by Gasteiger charge is 2.26. The standard InChI is InChI=1S/C22H25N3O2/c26-21(9-8-18-5-2-1-3-6-18)25-15-11-20(12-16-25)22(27)24-14-10-19-7-4-13-23-17-19/h1-9,13,17,20H,10-12,14-16H2,(H,24,27)/b9-8+. The number of amides is 2. The Morgan fingerprint density at radius 1 is 1.11 bits per heavy atom. The first kappa shape index (κ1) is 18.8. The maximum Gasteiger partial charge on any atom is 0.246 e. The number of hydrogen-bond donors (Lipinski definition) is 1. The van der Waals surface area contributed by atoms with Gasteiger partial charge >= 0.3 is 0 Å². The summed E-state index contributed by atoms with van der Waals surface area (Å²) in [5, 5.41) is 3.01. The van der Waals surface area contributed by atoms with Gasteiger partial charge < -0.3 is 10.2 Å². The van der Waals surface area contributed by atoms with Crippen LogP contribution in [0.4, 0.5) is 0 Å². The van der Waals surface area contributed by atoms with Crippen molar-refractivity contribution in [3.8, 4) is 0 Å². The van der Waals surface area contributed by atoms with E-state index in [1.807, 2.05) is 59.6 Å². The van der Waals surface area contributed by atoms with Crippen molar-refractivity contribution >= 4 is 17.9 Å². The minimum atomic E-state index is -0.0129. The van der Waals surface area contributed by atoms with E-state index in [1.165, 1.54) is 0 Å². The zero-order valence-electron chi connectivity index (χ0n) is 15.4. The number of rotatable bonds is 6. The van der Waals surface area contributed by atoms with Crippen LogP contribution >= 0.6 is 0 Å². The van der Waals surface area contributed by atoms with E-state index in [2.05, 4.69) is 10.3 Å². The van der Waals surface area contributed by atoms with Gasteiger partial charge in [-0.15, -0.1) is 0 Å². The average Bonchev–Trinajstić information content (AvgIpc) is 2.73. The number of carbonyl (C=O) groups is 2. The molecule has 2 aromatic rings. The summed E-state index contributed by atoms with van der Waals surface area (Å²) in [6, 6.07) is 13.7. The van der Waals surface area contributed by atoms with Gasteiger partial charge in [0.15, 0.2) is 0 Å². The van der Waals surface area contributed by atoms with Crippen LogP contribution in [0.25, 0.3) is 6.08 Å². The number of carbonyl (C=O) groups excluding carboxylic acids is 2. The molecule has 0 atom stereocenters. The predicted octanol–water partition coefficient (Wildman–Crippen LogP) is 2.69. The monoisotopic (exact) mass is 363 g/mol. The lowest BCUT2D eigenvalue weighted by Crippen LogP contribution is -2.42. The lowest BCUT2D eigenvalue weighted by atomic mass is 9.95. The number of hydrogen-bond acceptors (Lipinski definition) is 3.